The van der Waals surface area contributed by atoms with Crippen molar-refractivity contribution >= 4 is 16.9 Å². The third-order valence-electron chi connectivity index (χ3n) is 4.65. The van der Waals surface area contributed by atoms with Gasteiger partial charge in [-0.2, -0.15) is 5.10 Å². The quantitative estimate of drug-likeness (QED) is 0.784. The number of carbonyl (C=O) groups excluding carboxylic acids is 1. The summed E-state index contributed by atoms with van der Waals surface area (Å²) in [5.41, 5.74) is 1.36. The summed E-state index contributed by atoms with van der Waals surface area (Å²) in [5, 5.41) is 16.6. The highest BCUT2D eigenvalue weighted by molar-refractivity contribution is 5.97. The van der Waals surface area contributed by atoms with E-state index in [4.69, 9.17) is 0 Å². The number of rotatable bonds is 3. The van der Waals surface area contributed by atoms with E-state index < -0.39 is 0 Å². The third-order valence-corrected chi connectivity index (χ3v) is 4.65. The van der Waals surface area contributed by atoms with Gasteiger partial charge in [-0.05, 0) is 33.3 Å². The van der Waals surface area contributed by atoms with Gasteiger partial charge in [0.2, 0.25) is 0 Å². The Morgan fingerprint density at radius 2 is 2.16 bits per heavy atom. The van der Waals surface area contributed by atoms with Crippen molar-refractivity contribution in [2.24, 2.45) is 0 Å². The number of aryl methyl sites for hydroxylation is 2. The maximum Gasteiger partial charge on any atom is 0.253 e. The molecule has 0 saturated carbocycles. The molecule has 1 aliphatic rings. The fourth-order valence-electron chi connectivity index (χ4n) is 3.29. The number of nitrogens with one attached hydrogen (secondary N) is 1. The maximum atomic E-state index is 12.6. The lowest BCUT2D eigenvalue weighted by Crippen LogP contribution is -2.41. The van der Waals surface area contributed by atoms with Gasteiger partial charge in [0.05, 0.1) is 11.8 Å². The van der Waals surface area contributed by atoms with Crippen LogP contribution in [0, 0.1) is 6.92 Å². The number of aromatic nitrogens is 6. The van der Waals surface area contributed by atoms with E-state index in [9.17, 15) is 4.79 Å². The zero-order valence-electron chi connectivity index (χ0n) is 14.6. The molecule has 8 nitrogen and oxygen atoms in total. The zero-order chi connectivity index (χ0) is 17.6. The van der Waals surface area contributed by atoms with Crippen LogP contribution in [-0.4, -0.2) is 41.5 Å². The number of hydrogen-bond donors (Lipinski definition) is 1. The van der Waals surface area contributed by atoms with Crippen molar-refractivity contribution in [2.45, 2.75) is 52.2 Å². The second-order valence-corrected chi connectivity index (χ2v) is 6.80. The smallest absolute Gasteiger partial charge is 0.253 e. The lowest BCUT2D eigenvalue weighted by atomic mass is 10.1. The van der Waals surface area contributed by atoms with E-state index in [1.165, 1.54) is 0 Å². The number of fused-ring (bicyclic) bond motifs is 2. The summed E-state index contributed by atoms with van der Waals surface area (Å²) in [6.07, 6.45) is 5.07. The highest BCUT2D eigenvalue weighted by atomic mass is 16.1. The predicted octanol–water partition coefficient (Wildman–Crippen LogP) is 1.66. The van der Waals surface area contributed by atoms with Gasteiger partial charge in [-0.15, -0.1) is 10.2 Å². The fraction of sp³-hybridized carbons (Fsp3) is 0.471. The SMILES string of the molecule is Cc1nnc2n1C[C@H](NC(=O)c1cnc3c(cnn3C(C)C)c1)CC2. The van der Waals surface area contributed by atoms with Crippen molar-refractivity contribution in [1.29, 1.82) is 0 Å². The van der Waals surface area contributed by atoms with Gasteiger partial charge in [0.25, 0.3) is 5.91 Å². The largest absolute Gasteiger partial charge is 0.347 e. The molecule has 0 aromatic carbocycles. The Bertz CT molecular complexity index is 940. The van der Waals surface area contributed by atoms with Crippen LogP contribution >= 0.6 is 0 Å². The van der Waals surface area contributed by atoms with E-state index in [0.717, 1.165) is 35.5 Å². The average molecular weight is 339 g/mol. The molecule has 1 atom stereocenters. The highest BCUT2D eigenvalue weighted by Gasteiger charge is 2.23. The van der Waals surface area contributed by atoms with Gasteiger partial charge in [0, 0.05) is 36.6 Å². The van der Waals surface area contributed by atoms with Crippen LogP contribution in [0.3, 0.4) is 0 Å². The van der Waals surface area contributed by atoms with Crippen molar-refractivity contribution in [3.8, 4) is 0 Å². The Labute approximate surface area is 145 Å². The van der Waals surface area contributed by atoms with Gasteiger partial charge in [-0.25, -0.2) is 9.67 Å². The summed E-state index contributed by atoms with van der Waals surface area (Å²) in [7, 11) is 0. The molecule has 1 aliphatic heterocycles. The molecule has 0 fully saturated rings. The molecular weight excluding hydrogens is 318 g/mol. The van der Waals surface area contributed by atoms with Gasteiger partial charge < -0.3 is 9.88 Å². The first-order valence-electron chi connectivity index (χ1n) is 8.55. The summed E-state index contributed by atoms with van der Waals surface area (Å²) in [6.45, 7) is 6.75. The summed E-state index contributed by atoms with van der Waals surface area (Å²) >= 11 is 0. The molecule has 0 aliphatic carbocycles. The first-order chi connectivity index (χ1) is 12.0. The van der Waals surface area contributed by atoms with E-state index in [1.807, 2.05) is 17.7 Å². The van der Waals surface area contributed by atoms with E-state index in [-0.39, 0.29) is 18.0 Å². The molecule has 3 aromatic rings. The minimum atomic E-state index is -0.106. The molecular formula is C17H21N7O. The third kappa shape index (κ3) is 2.77. The first kappa shape index (κ1) is 15.7. The average Bonchev–Trinajstić information content (AvgIpc) is 3.18. The lowest BCUT2D eigenvalue weighted by molar-refractivity contribution is 0.0927. The maximum absolute atomic E-state index is 12.6. The number of carbonyl (C=O) groups is 1. The molecule has 4 rings (SSSR count). The summed E-state index contributed by atoms with van der Waals surface area (Å²) in [6, 6.07) is 2.15. The van der Waals surface area contributed by atoms with Crippen LogP contribution < -0.4 is 5.32 Å². The molecule has 0 bridgehead atoms. The number of nitrogens with zero attached hydrogens (tertiary/aromatic N) is 6. The highest BCUT2D eigenvalue weighted by Crippen LogP contribution is 2.18. The predicted molar refractivity (Wildman–Crippen MR) is 92.2 cm³/mol. The van der Waals surface area contributed by atoms with Crippen molar-refractivity contribution < 1.29 is 4.79 Å². The Kier molecular flexibility index (Phi) is 3.74. The Hall–Kier alpha value is -2.77. The van der Waals surface area contributed by atoms with E-state index >= 15 is 0 Å². The molecule has 1 amide bonds. The minimum absolute atomic E-state index is 0.0729. The van der Waals surface area contributed by atoms with Crippen LogP contribution in [0.4, 0.5) is 0 Å². The Morgan fingerprint density at radius 1 is 1.32 bits per heavy atom. The van der Waals surface area contributed by atoms with Crippen molar-refractivity contribution in [2.75, 3.05) is 0 Å². The van der Waals surface area contributed by atoms with Crippen molar-refractivity contribution in [3.05, 3.63) is 35.7 Å². The minimum Gasteiger partial charge on any atom is -0.347 e. The standard InChI is InChI=1S/C17H21N7O/c1-10(2)24-16-12(8-19-24)6-13(7-18-16)17(25)20-14-4-5-15-22-21-11(3)23(15)9-14/h6-8,10,14H,4-5,9H2,1-3H3,(H,20,25)/t14-/m1/s1. The summed E-state index contributed by atoms with van der Waals surface area (Å²) in [5.74, 6) is 1.77. The molecule has 0 spiro atoms. The summed E-state index contributed by atoms with van der Waals surface area (Å²) < 4.78 is 3.93. The van der Waals surface area contributed by atoms with Gasteiger partial charge in [0.1, 0.15) is 11.6 Å². The Balaban J connectivity index is 1.52. The summed E-state index contributed by atoms with van der Waals surface area (Å²) in [4.78, 5) is 17.0. The van der Waals surface area contributed by atoms with Crippen LogP contribution in [0.15, 0.2) is 18.5 Å². The molecule has 4 heterocycles. The fourth-order valence-corrected chi connectivity index (χ4v) is 3.29. The van der Waals surface area contributed by atoms with E-state index in [1.54, 1.807) is 12.4 Å². The monoisotopic (exact) mass is 339 g/mol. The van der Waals surface area contributed by atoms with E-state index in [2.05, 4.69) is 44.0 Å². The Morgan fingerprint density at radius 3 is 2.96 bits per heavy atom. The normalized spacial score (nSPS) is 17.0. The first-order valence-corrected chi connectivity index (χ1v) is 8.55. The molecule has 0 unspecified atom stereocenters. The van der Waals surface area contributed by atoms with Crippen molar-refractivity contribution in [1.82, 2.24) is 34.8 Å². The van der Waals surface area contributed by atoms with Crippen LogP contribution in [0.1, 0.15) is 48.3 Å². The molecule has 3 aromatic heterocycles. The topological polar surface area (TPSA) is 90.5 Å². The second kappa shape index (κ2) is 5.94. The second-order valence-electron chi connectivity index (χ2n) is 6.80. The molecule has 1 N–H and O–H groups in total. The van der Waals surface area contributed by atoms with Crippen molar-refractivity contribution in [3.63, 3.8) is 0 Å². The molecule has 0 radical (unpaired) electrons. The number of amides is 1. The van der Waals surface area contributed by atoms with Crippen LogP contribution in [0.2, 0.25) is 0 Å². The van der Waals surface area contributed by atoms with Crippen LogP contribution in [0.5, 0.6) is 0 Å². The number of hydrogen-bond acceptors (Lipinski definition) is 5. The van der Waals surface area contributed by atoms with Gasteiger partial charge in [-0.1, -0.05) is 0 Å². The van der Waals surface area contributed by atoms with Crippen LogP contribution in [-0.2, 0) is 13.0 Å². The number of pyridine rings is 1. The molecule has 25 heavy (non-hydrogen) atoms. The van der Waals surface area contributed by atoms with Gasteiger partial charge >= 0.3 is 0 Å². The molecule has 130 valence electrons. The van der Waals surface area contributed by atoms with Crippen LogP contribution in [0.25, 0.3) is 11.0 Å². The van der Waals surface area contributed by atoms with Gasteiger partial charge in [0.15, 0.2) is 5.65 Å². The molecule has 0 saturated heterocycles. The van der Waals surface area contributed by atoms with Gasteiger partial charge in [-0.3, -0.25) is 4.79 Å². The lowest BCUT2D eigenvalue weighted by Gasteiger charge is -2.24. The zero-order valence-corrected chi connectivity index (χ0v) is 14.6. The van der Waals surface area contributed by atoms with E-state index in [0.29, 0.717) is 12.1 Å². The molecule has 8 heteroatoms.